The molecule has 0 saturated heterocycles. The van der Waals surface area contributed by atoms with Crippen molar-refractivity contribution in [2.75, 3.05) is 7.05 Å². The minimum Gasteiger partial charge on any atom is -0.406 e. The second kappa shape index (κ2) is 6.78. The lowest BCUT2D eigenvalue weighted by Crippen LogP contribution is -2.19. The molecule has 0 N–H and O–H groups in total. The van der Waals surface area contributed by atoms with Gasteiger partial charge in [-0.25, -0.2) is 0 Å². The summed E-state index contributed by atoms with van der Waals surface area (Å²) in [4.78, 5) is 6.06. The zero-order chi connectivity index (χ0) is 16.2. The van der Waals surface area contributed by atoms with Crippen molar-refractivity contribution in [1.29, 1.82) is 0 Å². The molecule has 0 fully saturated rings. The van der Waals surface area contributed by atoms with Gasteiger partial charge in [-0.2, -0.15) is 4.98 Å². The SMILES string of the molecule is CCc1nc(CN(C)Cc2cccc(OC(F)(F)F)c2)no1. The monoisotopic (exact) mass is 315 g/mol. The standard InChI is InChI=1S/C14H16F3N3O2/c1-3-13-18-12(19-22-13)9-20(2)8-10-5-4-6-11(7-10)21-14(15,16)17/h4-7H,3,8-9H2,1-2H3. The molecule has 2 rings (SSSR count). The molecule has 0 spiro atoms. The van der Waals surface area contributed by atoms with Crippen LogP contribution in [0.4, 0.5) is 13.2 Å². The van der Waals surface area contributed by atoms with Crippen LogP contribution in [0.1, 0.15) is 24.2 Å². The Morgan fingerprint density at radius 3 is 2.68 bits per heavy atom. The molecule has 0 saturated carbocycles. The quantitative estimate of drug-likeness (QED) is 0.819. The molecule has 2 aromatic rings. The molecule has 0 atom stereocenters. The van der Waals surface area contributed by atoms with Crippen molar-refractivity contribution in [2.45, 2.75) is 32.8 Å². The van der Waals surface area contributed by atoms with Crippen molar-refractivity contribution >= 4 is 0 Å². The molecule has 0 amide bonds. The molecule has 5 nitrogen and oxygen atoms in total. The van der Waals surface area contributed by atoms with Crippen LogP contribution in [0.5, 0.6) is 5.75 Å². The normalized spacial score (nSPS) is 11.9. The first-order valence-electron chi connectivity index (χ1n) is 6.70. The van der Waals surface area contributed by atoms with E-state index < -0.39 is 6.36 Å². The van der Waals surface area contributed by atoms with Crippen LogP contribution in [0.25, 0.3) is 0 Å². The van der Waals surface area contributed by atoms with Gasteiger partial charge < -0.3 is 9.26 Å². The van der Waals surface area contributed by atoms with Gasteiger partial charge >= 0.3 is 6.36 Å². The van der Waals surface area contributed by atoms with Crippen LogP contribution in [0.2, 0.25) is 0 Å². The summed E-state index contributed by atoms with van der Waals surface area (Å²) < 4.78 is 45.5. The summed E-state index contributed by atoms with van der Waals surface area (Å²) >= 11 is 0. The van der Waals surface area contributed by atoms with Crippen molar-refractivity contribution < 1.29 is 22.4 Å². The number of benzene rings is 1. The Kier molecular flexibility index (Phi) is 5.02. The predicted molar refractivity (Wildman–Crippen MR) is 72.0 cm³/mol. The van der Waals surface area contributed by atoms with Gasteiger partial charge in [0.2, 0.25) is 5.89 Å². The van der Waals surface area contributed by atoms with E-state index in [1.165, 1.54) is 18.2 Å². The maximum absolute atomic E-state index is 12.2. The number of alkyl halides is 3. The highest BCUT2D eigenvalue weighted by atomic mass is 19.4. The van der Waals surface area contributed by atoms with Gasteiger partial charge in [0.25, 0.3) is 0 Å². The van der Waals surface area contributed by atoms with Crippen molar-refractivity contribution in [3.63, 3.8) is 0 Å². The van der Waals surface area contributed by atoms with E-state index in [-0.39, 0.29) is 5.75 Å². The Hall–Kier alpha value is -2.09. The third-order valence-corrected chi connectivity index (χ3v) is 2.81. The fourth-order valence-electron chi connectivity index (χ4n) is 1.95. The Labute approximate surface area is 125 Å². The number of hydrogen-bond donors (Lipinski definition) is 0. The van der Waals surface area contributed by atoms with Crippen LogP contribution in [-0.2, 0) is 19.5 Å². The maximum Gasteiger partial charge on any atom is 0.573 e. The van der Waals surface area contributed by atoms with Crippen molar-refractivity contribution in [3.8, 4) is 5.75 Å². The van der Waals surface area contributed by atoms with Crippen LogP contribution in [0.15, 0.2) is 28.8 Å². The van der Waals surface area contributed by atoms with E-state index in [1.807, 2.05) is 18.9 Å². The summed E-state index contributed by atoms with van der Waals surface area (Å²) in [6.07, 6.45) is -4.03. The molecule has 0 aliphatic rings. The Morgan fingerprint density at radius 2 is 2.05 bits per heavy atom. The minimum absolute atomic E-state index is 0.230. The first-order valence-corrected chi connectivity index (χ1v) is 6.70. The van der Waals surface area contributed by atoms with Crippen LogP contribution < -0.4 is 4.74 Å². The van der Waals surface area contributed by atoms with Crippen molar-refractivity contribution in [2.24, 2.45) is 0 Å². The fourth-order valence-corrected chi connectivity index (χ4v) is 1.95. The number of nitrogens with zero attached hydrogens (tertiary/aromatic N) is 3. The summed E-state index contributed by atoms with van der Waals surface area (Å²) in [5, 5.41) is 3.83. The molecule has 0 radical (unpaired) electrons. The van der Waals surface area contributed by atoms with Gasteiger partial charge in [0.1, 0.15) is 5.75 Å². The van der Waals surface area contributed by atoms with Crippen molar-refractivity contribution in [3.05, 3.63) is 41.5 Å². The van der Waals surface area contributed by atoms with E-state index in [0.29, 0.717) is 36.8 Å². The van der Waals surface area contributed by atoms with Crippen LogP contribution >= 0.6 is 0 Å². The van der Waals surface area contributed by atoms with Crippen LogP contribution in [0.3, 0.4) is 0 Å². The Bertz CT molecular complexity index is 613. The van der Waals surface area contributed by atoms with E-state index in [2.05, 4.69) is 14.9 Å². The highest BCUT2D eigenvalue weighted by Crippen LogP contribution is 2.23. The lowest BCUT2D eigenvalue weighted by Gasteiger charge is -2.15. The molecular weight excluding hydrogens is 299 g/mol. The number of rotatable bonds is 6. The fraction of sp³-hybridized carbons (Fsp3) is 0.429. The van der Waals surface area contributed by atoms with Gasteiger partial charge in [0.15, 0.2) is 5.82 Å². The number of hydrogen-bond acceptors (Lipinski definition) is 5. The van der Waals surface area contributed by atoms with E-state index in [1.54, 1.807) is 6.07 Å². The molecule has 120 valence electrons. The highest BCUT2D eigenvalue weighted by Gasteiger charge is 2.31. The summed E-state index contributed by atoms with van der Waals surface area (Å²) in [5.74, 6) is 0.872. The van der Waals surface area contributed by atoms with Gasteiger partial charge in [-0.3, -0.25) is 4.90 Å². The predicted octanol–water partition coefficient (Wildman–Crippen LogP) is 3.16. The second-order valence-electron chi connectivity index (χ2n) is 4.83. The molecule has 0 bridgehead atoms. The Morgan fingerprint density at radius 1 is 1.27 bits per heavy atom. The largest absolute Gasteiger partial charge is 0.573 e. The number of ether oxygens (including phenoxy) is 1. The first-order chi connectivity index (χ1) is 10.4. The minimum atomic E-state index is -4.69. The number of aromatic nitrogens is 2. The molecule has 1 aromatic heterocycles. The summed E-state index contributed by atoms with van der Waals surface area (Å²) in [7, 11) is 1.82. The van der Waals surface area contributed by atoms with E-state index in [9.17, 15) is 13.2 Å². The molecule has 0 aliphatic carbocycles. The van der Waals surface area contributed by atoms with E-state index in [4.69, 9.17) is 4.52 Å². The molecule has 0 unspecified atom stereocenters. The Balaban J connectivity index is 1.96. The average molecular weight is 315 g/mol. The third-order valence-electron chi connectivity index (χ3n) is 2.81. The average Bonchev–Trinajstić information content (AvgIpc) is 2.84. The smallest absolute Gasteiger partial charge is 0.406 e. The van der Waals surface area contributed by atoms with E-state index in [0.717, 1.165) is 0 Å². The lowest BCUT2D eigenvalue weighted by atomic mass is 10.2. The molecule has 1 heterocycles. The number of halogens is 3. The molecule has 8 heteroatoms. The second-order valence-corrected chi connectivity index (χ2v) is 4.83. The summed E-state index contributed by atoms with van der Waals surface area (Å²) in [5.41, 5.74) is 0.698. The maximum atomic E-state index is 12.2. The van der Waals surface area contributed by atoms with Crippen molar-refractivity contribution in [1.82, 2.24) is 15.0 Å². The van der Waals surface area contributed by atoms with Gasteiger partial charge in [-0.15, -0.1) is 13.2 Å². The van der Waals surface area contributed by atoms with Gasteiger partial charge in [0.05, 0.1) is 6.54 Å². The highest BCUT2D eigenvalue weighted by molar-refractivity contribution is 5.28. The summed E-state index contributed by atoms with van der Waals surface area (Å²) in [6.45, 7) is 2.78. The zero-order valence-electron chi connectivity index (χ0n) is 12.2. The van der Waals surface area contributed by atoms with Gasteiger partial charge in [-0.1, -0.05) is 24.2 Å². The topological polar surface area (TPSA) is 51.4 Å². The zero-order valence-corrected chi connectivity index (χ0v) is 12.2. The molecule has 22 heavy (non-hydrogen) atoms. The van der Waals surface area contributed by atoms with Crippen LogP contribution in [-0.4, -0.2) is 28.5 Å². The summed E-state index contributed by atoms with van der Waals surface area (Å²) in [6, 6.07) is 5.88. The lowest BCUT2D eigenvalue weighted by molar-refractivity contribution is -0.274. The third kappa shape index (κ3) is 5.03. The van der Waals surface area contributed by atoms with Crippen LogP contribution in [0, 0.1) is 0 Å². The van der Waals surface area contributed by atoms with Gasteiger partial charge in [0, 0.05) is 13.0 Å². The van der Waals surface area contributed by atoms with Gasteiger partial charge in [-0.05, 0) is 24.7 Å². The van der Waals surface area contributed by atoms with E-state index >= 15 is 0 Å². The molecular formula is C14H16F3N3O2. The molecule has 1 aromatic carbocycles. The number of aryl methyl sites for hydroxylation is 1. The molecule has 0 aliphatic heterocycles. The first kappa shape index (κ1) is 16.3.